The van der Waals surface area contributed by atoms with Crippen LogP contribution in [-0.4, -0.2) is 38.9 Å². The van der Waals surface area contributed by atoms with Crippen LogP contribution in [0.1, 0.15) is 29.9 Å². The lowest BCUT2D eigenvalue weighted by Crippen LogP contribution is -2.59. The van der Waals surface area contributed by atoms with Crippen molar-refractivity contribution in [2.45, 2.75) is 30.8 Å². The highest BCUT2D eigenvalue weighted by molar-refractivity contribution is 5.85. The first-order valence-corrected chi connectivity index (χ1v) is 10.4. The summed E-state index contributed by atoms with van der Waals surface area (Å²) in [4.78, 5) is 29.0. The van der Waals surface area contributed by atoms with Crippen LogP contribution in [0.15, 0.2) is 67.3 Å². The SMILES string of the molecule is O=C(NC(Cn1ccnc1)(C(=O)O)C1CC1)OCC1c2ccccc2-c2ccccc21. The molecule has 7 nitrogen and oxygen atoms in total. The largest absolute Gasteiger partial charge is 0.479 e. The quantitative estimate of drug-likeness (QED) is 0.612. The number of hydrogen-bond donors (Lipinski definition) is 2. The molecular weight excluding hydrogens is 394 g/mol. The third kappa shape index (κ3) is 3.46. The second kappa shape index (κ2) is 7.58. The molecule has 1 atom stereocenters. The molecule has 1 aromatic heterocycles. The summed E-state index contributed by atoms with van der Waals surface area (Å²) in [6.45, 7) is 0.252. The van der Waals surface area contributed by atoms with Crippen molar-refractivity contribution in [2.24, 2.45) is 5.92 Å². The van der Waals surface area contributed by atoms with E-state index in [4.69, 9.17) is 4.74 Å². The van der Waals surface area contributed by atoms with Crippen LogP contribution < -0.4 is 5.32 Å². The number of amides is 1. The fourth-order valence-electron chi connectivity index (χ4n) is 4.63. The van der Waals surface area contributed by atoms with Gasteiger partial charge in [0, 0.05) is 18.3 Å². The number of nitrogens with one attached hydrogen (secondary N) is 1. The number of carboxylic acid groups (broad SMARTS) is 1. The molecule has 1 heterocycles. The molecule has 7 heteroatoms. The van der Waals surface area contributed by atoms with Crippen LogP contribution >= 0.6 is 0 Å². The van der Waals surface area contributed by atoms with E-state index < -0.39 is 17.6 Å². The van der Waals surface area contributed by atoms with Crippen molar-refractivity contribution >= 4 is 12.1 Å². The number of rotatable bonds is 7. The zero-order chi connectivity index (χ0) is 21.4. The number of alkyl carbamates (subject to hydrolysis) is 1. The molecule has 0 saturated heterocycles. The second-order valence-corrected chi connectivity index (χ2v) is 8.24. The van der Waals surface area contributed by atoms with E-state index in [9.17, 15) is 14.7 Å². The molecule has 2 aliphatic carbocycles. The van der Waals surface area contributed by atoms with Gasteiger partial charge in [0.1, 0.15) is 6.61 Å². The van der Waals surface area contributed by atoms with Crippen LogP contribution in [0.25, 0.3) is 11.1 Å². The Kier molecular flexibility index (Phi) is 4.73. The van der Waals surface area contributed by atoms with Crippen molar-refractivity contribution in [1.29, 1.82) is 0 Å². The van der Waals surface area contributed by atoms with Gasteiger partial charge in [0.05, 0.1) is 12.9 Å². The number of aromatic nitrogens is 2. The molecule has 2 aromatic carbocycles. The summed E-state index contributed by atoms with van der Waals surface area (Å²) in [5, 5.41) is 12.7. The van der Waals surface area contributed by atoms with Crippen LogP contribution in [0.4, 0.5) is 4.79 Å². The fraction of sp³-hybridized carbons (Fsp3) is 0.292. The summed E-state index contributed by atoms with van der Waals surface area (Å²) >= 11 is 0. The van der Waals surface area contributed by atoms with Crippen molar-refractivity contribution in [2.75, 3.05) is 6.61 Å². The zero-order valence-corrected chi connectivity index (χ0v) is 16.9. The average molecular weight is 417 g/mol. The van der Waals surface area contributed by atoms with Crippen LogP contribution in [0.5, 0.6) is 0 Å². The van der Waals surface area contributed by atoms with Gasteiger partial charge in [-0.05, 0) is 41.0 Å². The topological polar surface area (TPSA) is 93.5 Å². The van der Waals surface area contributed by atoms with Gasteiger partial charge in [-0.25, -0.2) is 14.6 Å². The van der Waals surface area contributed by atoms with Gasteiger partial charge in [0.25, 0.3) is 0 Å². The molecule has 5 rings (SSSR count). The fourth-order valence-corrected chi connectivity index (χ4v) is 4.63. The predicted molar refractivity (Wildman–Crippen MR) is 114 cm³/mol. The molecule has 1 saturated carbocycles. The highest BCUT2D eigenvalue weighted by Gasteiger charge is 2.53. The maximum atomic E-state index is 12.8. The molecule has 1 unspecified atom stereocenters. The molecule has 1 amide bonds. The van der Waals surface area contributed by atoms with Gasteiger partial charge in [0.2, 0.25) is 0 Å². The monoisotopic (exact) mass is 417 g/mol. The van der Waals surface area contributed by atoms with Crippen molar-refractivity contribution in [1.82, 2.24) is 14.9 Å². The maximum absolute atomic E-state index is 12.8. The number of carbonyl (C=O) groups excluding carboxylic acids is 1. The summed E-state index contributed by atoms with van der Waals surface area (Å²) in [6.07, 6.45) is 5.64. The number of nitrogens with zero attached hydrogens (tertiary/aromatic N) is 2. The minimum atomic E-state index is -1.41. The number of carboxylic acids is 1. The summed E-state index contributed by atoms with van der Waals surface area (Å²) in [5.41, 5.74) is 3.10. The number of aliphatic carboxylic acids is 1. The predicted octanol–water partition coefficient (Wildman–Crippen LogP) is 3.66. The molecule has 0 aliphatic heterocycles. The molecular formula is C24H23N3O4. The van der Waals surface area contributed by atoms with Gasteiger partial charge in [-0.1, -0.05) is 48.5 Å². The van der Waals surface area contributed by atoms with E-state index in [1.165, 1.54) is 0 Å². The summed E-state index contributed by atoms with van der Waals surface area (Å²) < 4.78 is 7.28. The smallest absolute Gasteiger partial charge is 0.408 e. The third-order valence-electron chi connectivity index (χ3n) is 6.32. The first-order chi connectivity index (χ1) is 15.1. The molecule has 0 spiro atoms. The standard InChI is InChI=1S/C24H23N3O4/c28-22(29)24(16-9-10-16,14-27-12-11-25-15-27)26-23(30)31-13-21-19-7-3-1-5-17(19)18-6-2-4-8-20(18)21/h1-8,11-12,15-16,21H,9-10,13-14H2,(H,26,30)(H,28,29). The number of hydrogen-bond acceptors (Lipinski definition) is 4. The van der Waals surface area contributed by atoms with Crippen LogP contribution in [0.2, 0.25) is 0 Å². The molecule has 0 bridgehead atoms. The maximum Gasteiger partial charge on any atom is 0.408 e. The molecule has 158 valence electrons. The number of benzene rings is 2. The van der Waals surface area contributed by atoms with E-state index in [0.717, 1.165) is 35.1 Å². The second-order valence-electron chi connectivity index (χ2n) is 8.24. The Bertz CT molecular complexity index is 1080. The zero-order valence-electron chi connectivity index (χ0n) is 16.9. The highest BCUT2D eigenvalue weighted by atomic mass is 16.5. The van der Waals surface area contributed by atoms with Crippen LogP contribution in [-0.2, 0) is 16.1 Å². The minimum absolute atomic E-state index is 0.0769. The Labute approximate surface area is 179 Å². The van der Waals surface area contributed by atoms with Gasteiger partial charge >= 0.3 is 12.1 Å². The first-order valence-electron chi connectivity index (χ1n) is 10.4. The van der Waals surface area contributed by atoms with Crippen LogP contribution in [0, 0.1) is 5.92 Å². The molecule has 0 radical (unpaired) electrons. The molecule has 2 aliphatic rings. The van der Waals surface area contributed by atoms with Crippen molar-refractivity contribution in [3.63, 3.8) is 0 Å². The Balaban J connectivity index is 1.34. The van der Waals surface area contributed by atoms with Gasteiger partial charge in [0.15, 0.2) is 5.54 Å². The van der Waals surface area contributed by atoms with Gasteiger partial charge in [-0.15, -0.1) is 0 Å². The van der Waals surface area contributed by atoms with Gasteiger partial charge < -0.3 is 19.7 Å². The Morgan fingerprint density at radius 2 is 1.74 bits per heavy atom. The Morgan fingerprint density at radius 3 is 2.29 bits per heavy atom. The number of fused-ring (bicyclic) bond motifs is 3. The summed E-state index contributed by atoms with van der Waals surface area (Å²) in [6, 6.07) is 16.2. The van der Waals surface area contributed by atoms with Crippen molar-refractivity contribution in [3.05, 3.63) is 78.4 Å². The van der Waals surface area contributed by atoms with E-state index in [1.807, 2.05) is 36.4 Å². The minimum Gasteiger partial charge on any atom is -0.479 e. The third-order valence-corrected chi connectivity index (χ3v) is 6.32. The van der Waals surface area contributed by atoms with E-state index in [0.29, 0.717) is 0 Å². The van der Waals surface area contributed by atoms with E-state index in [2.05, 4.69) is 22.4 Å². The average Bonchev–Trinajstić information content (AvgIpc) is 3.42. The first kappa shape index (κ1) is 19.4. The van der Waals surface area contributed by atoms with E-state index >= 15 is 0 Å². The van der Waals surface area contributed by atoms with Crippen molar-refractivity contribution < 1.29 is 19.4 Å². The van der Waals surface area contributed by atoms with Crippen molar-refractivity contribution in [3.8, 4) is 11.1 Å². The number of carbonyl (C=O) groups is 2. The molecule has 2 N–H and O–H groups in total. The summed E-state index contributed by atoms with van der Waals surface area (Å²) in [5.74, 6) is -1.27. The normalized spacial score (nSPS) is 16.8. The summed E-state index contributed by atoms with van der Waals surface area (Å²) in [7, 11) is 0. The van der Waals surface area contributed by atoms with Gasteiger partial charge in [-0.2, -0.15) is 0 Å². The van der Waals surface area contributed by atoms with Crippen LogP contribution in [0.3, 0.4) is 0 Å². The van der Waals surface area contributed by atoms with E-state index in [1.54, 1.807) is 23.3 Å². The number of imidazole rings is 1. The molecule has 31 heavy (non-hydrogen) atoms. The Morgan fingerprint density at radius 1 is 1.10 bits per heavy atom. The Hall–Kier alpha value is -3.61. The van der Waals surface area contributed by atoms with Gasteiger partial charge in [-0.3, -0.25) is 0 Å². The highest BCUT2D eigenvalue weighted by Crippen LogP contribution is 2.45. The van der Waals surface area contributed by atoms with E-state index in [-0.39, 0.29) is 25.0 Å². The lowest BCUT2D eigenvalue weighted by atomic mass is 9.93. The lowest BCUT2D eigenvalue weighted by Gasteiger charge is -2.30. The number of ether oxygens (including phenoxy) is 1. The lowest BCUT2D eigenvalue weighted by molar-refractivity contribution is -0.146. The molecule has 3 aromatic rings. The molecule has 1 fully saturated rings.